The number of nitrogens with two attached hydrogens (primary N) is 1. The van der Waals surface area contributed by atoms with Gasteiger partial charge in [-0.3, -0.25) is 4.98 Å². The van der Waals surface area contributed by atoms with Crippen LogP contribution in [0.15, 0.2) is 18.2 Å². The summed E-state index contributed by atoms with van der Waals surface area (Å²) in [5.41, 5.74) is 10.0. The second-order valence-corrected chi connectivity index (χ2v) is 5.93. The van der Waals surface area contributed by atoms with Crippen molar-refractivity contribution < 1.29 is 4.74 Å². The fourth-order valence-electron chi connectivity index (χ4n) is 2.34. The molecule has 2 rings (SSSR count). The Labute approximate surface area is 135 Å². The van der Waals surface area contributed by atoms with E-state index in [-0.39, 0.29) is 4.99 Å². The van der Waals surface area contributed by atoms with E-state index in [4.69, 9.17) is 34.3 Å². The summed E-state index contributed by atoms with van der Waals surface area (Å²) < 4.78 is 6.08. The molecule has 110 valence electrons. The summed E-state index contributed by atoms with van der Waals surface area (Å²) in [5, 5.41) is 0.689. The molecule has 21 heavy (non-hydrogen) atoms. The van der Waals surface area contributed by atoms with E-state index in [9.17, 15) is 0 Å². The minimum Gasteiger partial charge on any atom is -0.456 e. The van der Waals surface area contributed by atoms with Crippen molar-refractivity contribution in [3.8, 4) is 11.5 Å². The van der Waals surface area contributed by atoms with Crippen molar-refractivity contribution in [1.82, 2.24) is 4.98 Å². The van der Waals surface area contributed by atoms with Crippen molar-refractivity contribution in [2.75, 3.05) is 0 Å². The highest BCUT2D eigenvalue weighted by Crippen LogP contribution is 2.34. The molecule has 0 bridgehead atoms. The molecule has 1 aromatic heterocycles. The van der Waals surface area contributed by atoms with Crippen molar-refractivity contribution in [3.63, 3.8) is 0 Å². The van der Waals surface area contributed by atoms with Gasteiger partial charge in [0, 0.05) is 16.8 Å². The van der Waals surface area contributed by atoms with E-state index in [1.165, 1.54) is 0 Å². The Hall–Kier alpha value is -1.65. The summed E-state index contributed by atoms with van der Waals surface area (Å²) in [7, 11) is 0. The van der Waals surface area contributed by atoms with Crippen molar-refractivity contribution in [1.29, 1.82) is 0 Å². The van der Waals surface area contributed by atoms with Gasteiger partial charge >= 0.3 is 0 Å². The van der Waals surface area contributed by atoms with Crippen molar-refractivity contribution in [3.05, 3.63) is 51.3 Å². The fraction of sp³-hybridized carbons (Fsp3) is 0.250. The summed E-state index contributed by atoms with van der Waals surface area (Å²) in [6, 6.07) is 5.57. The average Bonchev–Trinajstić information content (AvgIpc) is 2.32. The molecule has 0 unspecified atom stereocenters. The number of rotatable bonds is 3. The van der Waals surface area contributed by atoms with Crippen LogP contribution in [-0.4, -0.2) is 9.97 Å². The molecule has 0 aliphatic rings. The molecule has 0 radical (unpaired) electrons. The van der Waals surface area contributed by atoms with Crippen LogP contribution in [0.2, 0.25) is 5.02 Å². The van der Waals surface area contributed by atoms with Crippen LogP contribution in [0.1, 0.15) is 28.1 Å². The first-order chi connectivity index (χ1) is 9.79. The smallest absolute Gasteiger partial charge is 0.141 e. The minimum atomic E-state index is 0.277. The van der Waals surface area contributed by atoms with Crippen LogP contribution in [0.4, 0.5) is 0 Å². The molecular weight excluding hydrogens is 304 g/mol. The average molecular weight is 321 g/mol. The van der Waals surface area contributed by atoms with Crippen LogP contribution in [-0.2, 0) is 0 Å². The van der Waals surface area contributed by atoms with Gasteiger partial charge in [-0.25, -0.2) is 0 Å². The molecule has 0 fully saturated rings. The molecule has 5 heteroatoms. The van der Waals surface area contributed by atoms with Crippen LogP contribution in [0.3, 0.4) is 0 Å². The van der Waals surface area contributed by atoms with E-state index in [1.807, 2.05) is 45.9 Å². The molecule has 1 aromatic carbocycles. The van der Waals surface area contributed by atoms with Gasteiger partial charge in [0.15, 0.2) is 0 Å². The molecule has 3 nitrogen and oxygen atoms in total. The largest absolute Gasteiger partial charge is 0.456 e. The first kappa shape index (κ1) is 15.7. The summed E-state index contributed by atoms with van der Waals surface area (Å²) in [4.78, 5) is 4.66. The monoisotopic (exact) mass is 320 g/mol. The van der Waals surface area contributed by atoms with Gasteiger partial charge in [0.05, 0.1) is 11.3 Å². The number of thiocarbonyl (C=S) groups is 1. The van der Waals surface area contributed by atoms with Gasteiger partial charge in [0.2, 0.25) is 0 Å². The SMILES string of the molecule is Cc1cc(Oc2c(C)cc(Cl)cc2C)c(C(N)=S)c(C)n1. The molecule has 2 aromatic rings. The van der Waals surface area contributed by atoms with E-state index in [1.54, 1.807) is 0 Å². The highest BCUT2D eigenvalue weighted by atomic mass is 35.5. The second-order valence-electron chi connectivity index (χ2n) is 5.06. The zero-order chi connectivity index (χ0) is 15.7. The third kappa shape index (κ3) is 3.34. The molecular formula is C16H17ClN2OS. The van der Waals surface area contributed by atoms with E-state index < -0.39 is 0 Å². The lowest BCUT2D eigenvalue weighted by molar-refractivity contribution is 0.472. The van der Waals surface area contributed by atoms with E-state index in [0.29, 0.717) is 16.3 Å². The highest BCUT2D eigenvalue weighted by molar-refractivity contribution is 7.80. The number of benzene rings is 1. The maximum absolute atomic E-state index is 6.08. The van der Waals surface area contributed by atoms with Gasteiger partial charge in [-0.05, 0) is 51.0 Å². The zero-order valence-corrected chi connectivity index (χ0v) is 14.0. The Kier molecular flexibility index (Phi) is 4.49. The lowest BCUT2D eigenvalue weighted by atomic mass is 10.1. The Morgan fingerprint density at radius 3 is 2.24 bits per heavy atom. The van der Waals surface area contributed by atoms with Crippen molar-refractivity contribution >= 4 is 28.8 Å². The number of pyridine rings is 1. The molecule has 0 spiro atoms. The summed E-state index contributed by atoms with van der Waals surface area (Å²) in [6.07, 6.45) is 0. The predicted molar refractivity (Wildman–Crippen MR) is 90.6 cm³/mol. The van der Waals surface area contributed by atoms with E-state index in [0.717, 1.165) is 28.3 Å². The second kappa shape index (κ2) is 6.00. The normalized spacial score (nSPS) is 10.5. The van der Waals surface area contributed by atoms with Crippen LogP contribution >= 0.6 is 23.8 Å². The molecule has 0 aliphatic heterocycles. The quantitative estimate of drug-likeness (QED) is 0.852. The lowest BCUT2D eigenvalue weighted by Crippen LogP contribution is -2.14. The maximum atomic E-state index is 6.08. The number of halogens is 1. The summed E-state index contributed by atoms with van der Waals surface area (Å²) >= 11 is 11.2. The molecule has 0 aliphatic carbocycles. The Balaban J connectivity index is 2.57. The third-order valence-electron chi connectivity index (χ3n) is 3.18. The Bertz CT molecular complexity index is 705. The number of ether oxygens (including phenoxy) is 1. The predicted octanol–water partition coefficient (Wildman–Crippen LogP) is 4.40. The first-order valence-electron chi connectivity index (χ1n) is 6.52. The van der Waals surface area contributed by atoms with Gasteiger partial charge in [-0.2, -0.15) is 0 Å². The van der Waals surface area contributed by atoms with Crippen molar-refractivity contribution in [2.45, 2.75) is 27.7 Å². The third-order valence-corrected chi connectivity index (χ3v) is 3.60. The van der Waals surface area contributed by atoms with Crippen LogP contribution in [0.5, 0.6) is 11.5 Å². The Morgan fingerprint density at radius 2 is 1.71 bits per heavy atom. The summed E-state index contributed by atoms with van der Waals surface area (Å²) in [6.45, 7) is 7.69. The molecule has 1 heterocycles. The van der Waals surface area contributed by atoms with Gasteiger partial charge in [0.1, 0.15) is 16.5 Å². The first-order valence-corrected chi connectivity index (χ1v) is 7.31. The van der Waals surface area contributed by atoms with Gasteiger partial charge in [-0.1, -0.05) is 23.8 Å². The Morgan fingerprint density at radius 1 is 1.14 bits per heavy atom. The molecule has 0 atom stereocenters. The standard InChI is InChI=1S/C16H17ClN2OS/c1-8-5-12(17)6-9(2)15(8)20-13-7-10(3)19-11(4)14(13)16(18)21/h5-7H,1-4H3,(H2,18,21). The number of hydrogen-bond donors (Lipinski definition) is 1. The summed E-state index contributed by atoms with van der Waals surface area (Å²) in [5.74, 6) is 1.39. The van der Waals surface area contributed by atoms with Crippen LogP contribution in [0.25, 0.3) is 0 Å². The van der Waals surface area contributed by atoms with E-state index in [2.05, 4.69) is 4.98 Å². The highest BCUT2D eigenvalue weighted by Gasteiger charge is 2.15. The number of nitrogens with zero attached hydrogens (tertiary/aromatic N) is 1. The van der Waals surface area contributed by atoms with Crippen LogP contribution in [0, 0.1) is 27.7 Å². The van der Waals surface area contributed by atoms with E-state index >= 15 is 0 Å². The van der Waals surface area contributed by atoms with Gasteiger partial charge in [0.25, 0.3) is 0 Å². The maximum Gasteiger partial charge on any atom is 0.141 e. The van der Waals surface area contributed by atoms with Crippen LogP contribution < -0.4 is 10.5 Å². The topological polar surface area (TPSA) is 48.1 Å². The molecule has 0 saturated carbocycles. The number of aromatic nitrogens is 1. The molecule has 0 saturated heterocycles. The molecule has 0 amide bonds. The zero-order valence-electron chi connectivity index (χ0n) is 12.5. The lowest BCUT2D eigenvalue weighted by Gasteiger charge is -2.16. The number of aryl methyl sites for hydroxylation is 4. The van der Waals surface area contributed by atoms with Gasteiger partial charge in [-0.15, -0.1) is 0 Å². The molecule has 2 N–H and O–H groups in total. The minimum absolute atomic E-state index is 0.277. The number of hydrogen-bond acceptors (Lipinski definition) is 3. The van der Waals surface area contributed by atoms with Crippen molar-refractivity contribution in [2.24, 2.45) is 5.73 Å². The fourth-order valence-corrected chi connectivity index (χ4v) is 2.92. The van der Waals surface area contributed by atoms with Gasteiger partial charge < -0.3 is 10.5 Å².